The molecule has 4 aromatic rings. The number of hydrogen-bond acceptors (Lipinski definition) is 8. The predicted octanol–water partition coefficient (Wildman–Crippen LogP) is 3.87. The summed E-state index contributed by atoms with van der Waals surface area (Å²) in [5.74, 6) is 0.704. The highest BCUT2D eigenvalue weighted by Gasteiger charge is 2.14. The number of ether oxygens (including phenoxy) is 1. The van der Waals surface area contributed by atoms with Crippen LogP contribution in [0.3, 0.4) is 0 Å². The second kappa shape index (κ2) is 9.10. The molecule has 150 valence electrons. The van der Waals surface area contributed by atoms with Crippen LogP contribution < -0.4 is 15.4 Å². The van der Waals surface area contributed by atoms with Crippen molar-refractivity contribution in [1.82, 2.24) is 20.2 Å². The summed E-state index contributed by atoms with van der Waals surface area (Å²) in [6, 6.07) is 15.3. The highest BCUT2D eigenvalue weighted by atomic mass is 32.1. The van der Waals surface area contributed by atoms with Gasteiger partial charge in [0.2, 0.25) is 5.13 Å². The molecule has 2 N–H and O–H groups in total. The molecule has 1 aromatic carbocycles. The Morgan fingerprint density at radius 3 is 2.67 bits per heavy atom. The molecule has 0 atom stereocenters. The van der Waals surface area contributed by atoms with Gasteiger partial charge in [0.05, 0.1) is 12.7 Å². The molecule has 0 spiro atoms. The molecule has 8 nitrogen and oxygen atoms in total. The topological polar surface area (TPSA) is 102 Å². The Bertz CT molecular complexity index is 1130. The summed E-state index contributed by atoms with van der Waals surface area (Å²) in [7, 11) is 1.54. The van der Waals surface area contributed by atoms with E-state index in [0.717, 1.165) is 11.1 Å². The SMILES string of the molecule is COc1cc(C(=O)Nc2nnc(-c3ccncc3)s2)cnc1NCc1ccccc1. The molecule has 3 heterocycles. The average Bonchev–Trinajstić information content (AvgIpc) is 3.27. The van der Waals surface area contributed by atoms with E-state index in [9.17, 15) is 4.79 Å². The molecule has 0 aliphatic heterocycles. The van der Waals surface area contributed by atoms with Gasteiger partial charge in [0.1, 0.15) is 5.01 Å². The Balaban J connectivity index is 1.44. The number of amides is 1. The highest BCUT2D eigenvalue weighted by molar-refractivity contribution is 7.18. The number of aromatic nitrogens is 4. The summed E-state index contributed by atoms with van der Waals surface area (Å²) in [5, 5.41) is 15.2. The van der Waals surface area contributed by atoms with E-state index in [1.165, 1.54) is 24.6 Å². The Morgan fingerprint density at radius 1 is 1.10 bits per heavy atom. The number of carbonyl (C=O) groups is 1. The van der Waals surface area contributed by atoms with Gasteiger partial charge in [-0.2, -0.15) is 0 Å². The maximum absolute atomic E-state index is 12.6. The van der Waals surface area contributed by atoms with Crippen LogP contribution in [0.1, 0.15) is 15.9 Å². The summed E-state index contributed by atoms with van der Waals surface area (Å²) in [5.41, 5.74) is 2.36. The standard InChI is InChI=1S/C21H18N6O2S/c1-29-17-11-16(13-24-18(17)23-12-14-5-3-2-4-6-14)19(28)25-21-27-26-20(30-21)15-7-9-22-10-8-15/h2-11,13H,12H2,1H3,(H,23,24)(H,25,27,28). The van der Waals surface area contributed by atoms with Crippen LogP contribution in [0.15, 0.2) is 67.1 Å². The molecule has 4 rings (SSSR count). The van der Waals surface area contributed by atoms with E-state index in [1.807, 2.05) is 42.5 Å². The largest absolute Gasteiger partial charge is 0.493 e. The first kappa shape index (κ1) is 19.5. The Kier molecular flexibility index (Phi) is 5.90. The normalized spacial score (nSPS) is 10.4. The second-order valence-corrected chi connectivity index (χ2v) is 7.19. The fraction of sp³-hybridized carbons (Fsp3) is 0.0952. The number of nitrogens with zero attached hydrogens (tertiary/aromatic N) is 4. The van der Waals surface area contributed by atoms with Crippen molar-refractivity contribution in [2.24, 2.45) is 0 Å². The molecular formula is C21H18N6O2S. The molecule has 0 bridgehead atoms. The van der Waals surface area contributed by atoms with E-state index in [-0.39, 0.29) is 5.91 Å². The van der Waals surface area contributed by atoms with E-state index < -0.39 is 0 Å². The first-order valence-corrected chi connectivity index (χ1v) is 9.91. The maximum atomic E-state index is 12.6. The van der Waals surface area contributed by atoms with E-state index >= 15 is 0 Å². The number of anilines is 2. The van der Waals surface area contributed by atoms with Crippen molar-refractivity contribution in [2.75, 3.05) is 17.7 Å². The minimum atomic E-state index is -0.340. The van der Waals surface area contributed by atoms with Crippen LogP contribution in [0.5, 0.6) is 5.75 Å². The third-order valence-electron chi connectivity index (χ3n) is 4.21. The molecule has 30 heavy (non-hydrogen) atoms. The van der Waals surface area contributed by atoms with Gasteiger partial charge in [-0.05, 0) is 23.8 Å². The lowest BCUT2D eigenvalue weighted by atomic mass is 10.2. The smallest absolute Gasteiger partial charge is 0.259 e. The molecule has 0 aliphatic rings. The van der Waals surface area contributed by atoms with Gasteiger partial charge in [0, 0.05) is 30.7 Å². The Morgan fingerprint density at radius 2 is 1.90 bits per heavy atom. The number of benzene rings is 1. The molecule has 0 unspecified atom stereocenters. The number of rotatable bonds is 7. The average molecular weight is 418 g/mol. The first-order valence-electron chi connectivity index (χ1n) is 9.10. The molecule has 0 aliphatic carbocycles. The molecule has 9 heteroatoms. The van der Waals surface area contributed by atoms with Crippen LogP contribution in [0.2, 0.25) is 0 Å². The van der Waals surface area contributed by atoms with E-state index in [1.54, 1.807) is 18.5 Å². The number of hydrogen-bond donors (Lipinski definition) is 2. The summed E-state index contributed by atoms with van der Waals surface area (Å²) in [6.45, 7) is 0.596. The van der Waals surface area contributed by atoms with E-state index in [2.05, 4.69) is 30.8 Å². The van der Waals surface area contributed by atoms with Crippen molar-refractivity contribution in [3.63, 3.8) is 0 Å². The van der Waals surface area contributed by atoms with Gasteiger partial charge < -0.3 is 10.1 Å². The van der Waals surface area contributed by atoms with Crippen molar-refractivity contribution in [3.8, 4) is 16.3 Å². The van der Waals surface area contributed by atoms with Crippen LogP contribution >= 0.6 is 11.3 Å². The lowest BCUT2D eigenvalue weighted by Crippen LogP contribution is -2.13. The third-order valence-corrected chi connectivity index (χ3v) is 5.10. The summed E-state index contributed by atoms with van der Waals surface area (Å²) >= 11 is 1.28. The van der Waals surface area contributed by atoms with Crippen LogP contribution in [0, 0.1) is 0 Å². The molecule has 0 saturated heterocycles. The highest BCUT2D eigenvalue weighted by Crippen LogP contribution is 2.27. The van der Waals surface area contributed by atoms with Crippen LogP contribution in [-0.2, 0) is 6.54 Å². The van der Waals surface area contributed by atoms with E-state index in [4.69, 9.17) is 4.74 Å². The summed E-state index contributed by atoms with van der Waals surface area (Å²) in [6.07, 6.45) is 4.86. The fourth-order valence-electron chi connectivity index (χ4n) is 2.69. The lowest BCUT2D eigenvalue weighted by molar-refractivity contribution is 0.102. The molecule has 0 fully saturated rings. The number of pyridine rings is 2. The van der Waals surface area contributed by atoms with Crippen molar-refractivity contribution < 1.29 is 9.53 Å². The molecular weight excluding hydrogens is 400 g/mol. The molecule has 3 aromatic heterocycles. The third kappa shape index (κ3) is 4.58. The van der Waals surface area contributed by atoms with Gasteiger partial charge in [-0.15, -0.1) is 10.2 Å². The summed E-state index contributed by atoms with van der Waals surface area (Å²) < 4.78 is 5.40. The first-order chi connectivity index (χ1) is 14.7. The number of carbonyl (C=O) groups excluding carboxylic acids is 1. The van der Waals surface area contributed by atoms with E-state index in [0.29, 0.717) is 33.8 Å². The van der Waals surface area contributed by atoms with Gasteiger partial charge in [-0.1, -0.05) is 41.7 Å². The monoisotopic (exact) mass is 418 g/mol. The van der Waals surface area contributed by atoms with Crippen LogP contribution in [0.4, 0.5) is 10.9 Å². The zero-order valence-electron chi connectivity index (χ0n) is 16.1. The van der Waals surface area contributed by atoms with Crippen LogP contribution in [-0.4, -0.2) is 33.2 Å². The van der Waals surface area contributed by atoms with Crippen molar-refractivity contribution >= 4 is 28.2 Å². The van der Waals surface area contributed by atoms with Gasteiger partial charge in [-0.25, -0.2) is 4.98 Å². The number of nitrogens with one attached hydrogen (secondary N) is 2. The fourth-order valence-corrected chi connectivity index (χ4v) is 3.44. The Labute approximate surface area is 177 Å². The molecule has 0 radical (unpaired) electrons. The molecule has 0 saturated carbocycles. The van der Waals surface area contributed by atoms with Crippen molar-refractivity contribution in [3.05, 3.63) is 78.2 Å². The lowest BCUT2D eigenvalue weighted by Gasteiger charge is -2.11. The zero-order valence-corrected chi connectivity index (χ0v) is 16.9. The van der Waals surface area contributed by atoms with Gasteiger partial charge in [-0.3, -0.25) is 15.1 Å². The van der Waals surface area contributed by atoms with Gasteiger partial charge >= 0.3 is 0 Å². The second-order valence-electron chi connectivity index (χ2n) is 6.22. The van der Waals surface area contributed by atoms with Gasteiger partial charge in [0.25, 0.3) is 5.91 Å². The van der Waals surface area contributed by atoms with Gasteiger partial charge in [0.15, 0.2) is 11.6 Å². The minimum Gasteiger partial charge on any atom is -0.493 e. The Hall–Kier alpha value is -3.85. The predicted molar refractivity (Wildman–Crippen MR) is 116 cm³/mol. The maximum Gasteiger partial charge on any atom is 0.259 e. The van der Waals surface area contributed by atoms with Crippen molar-refractivity contribution in [1.29, 1.82) is 0 Å². The molecule has 1 amide bonds. The van der Waals surface area contributed by atoms with Crippen LogP contribution in [0.25, 0.3) is 10.6 Å². The quantitative estimate of drug-likeness (QED) is 0.470. The summed E-state index contributed by atoms with van der Waals surface area (Å²) in [4.78, 5) is 20.9. The minimum absolute atomic E-state index is 0.340. The van der Waals surface area contributed by atoms with Crippen molar-refractivity contribution in [2.45, 2.75) is 6.54 Å². The zero-order chi connectivity index (χ0) is 20.8. The number of methoxy groups -OCH3 is 1.